The van der Waals surface area contributed by atoms with Crippen LogP contribution < -0.4 is 10.5 Å². The highest BCUT2D eigenvalue weighted by molar-refractivity contribution is 9.10. The molecule has 0 aliphatic heterocycles. The van der Waals surface area contributed by atoms with Crippen LogP contribution in [0.5, 0.6) is 5.75 Å². The molecule has 6 heteroatoms. The summed E-state index contributed by atoms with van der Waals surface area (Å²) in [5, 5.41) is 11.6. The molecule has 118 valence electrons. The highest BCUT2D eigenvalue weighted by Crippen LogP contribution is 2.16. The summed E-state index contributed by atoms with van der Waals surface area (Å²) >= 11 is 3.40. The van der Waals surface area contributed by atoms with Crippen molar-refractivity contribution in [1.82, 2.24) is 4.90 Å². The van der Waals surface area contributed by atoms with E-state index in [1.165, 1.54) is 0 Å². The summed E-state index contributed by atoms with van der Waals surface area (Å²) in [4.78, 5) is 2.27. The summed E-state index contributed by atoms with van der Waals surface area (Å²) in [5.74, 6) is 1.68. The molecule has 0 atom stereocenters. The number of ether oxygens (including phenoxy) is 1. The molecule has 0 bridgehead atoms. The smallest absolute Gasteiger partial charge is 0.140 e. The Hall–Kier alpha value is -1.27. The maximum atomic E-state index is 8.59. The first kappa shape index (κ1) is 17.8. The van der Waals surface area contributed by atoms with Crippen LogP contribution in [0.1, 0.15) is 20.3 Å². The summed E-state index contributed by atoms with van der Waals surface area (Å²) in [7, 11) is 0. The highest BCUT2D eigenvalue weighted by Gasteiger charge is 2.08. The minimum atomic E-state index is 0.262. The van der Waals surface area contributed by atoms with E-state index in [0.29, 0.717) is 18.9 Å². The van der Waals surface area contributed by atoms with Crippen molar-refractivity contribution in [1.29, 1.82) is 0 Å². The molecule has 1 aromatic rings. The zero-order chi connectivity index (χ0) is 15.7. The Bertz CT molecular complexity index is 435. The fourth-order valence-corrected chi connectivity index (χ4v) is 2.22. The van der Waals surface area contributed by atoms with E-state index in [9.17, 15) is 0 Å². The van der Waals surface area contributed by atoms with Crippen LogP contribution in [0.3, 0.4) is 0 Å². The van der Waals surface area contributed by atoms with Gasteiger partial charge in [0.05, 0.1) is 0 Å². The first-order valence-electron chi connectivity index (χ1n) is 7.08. The van der Waals surface area contributed by atoms with Gasteiger partial charge >= 0.3 is 0 Å². The maximum absolute atomic E-state index is 8.59. The molecule has 3 N–H and O–H groups in total. The minimum absolute atomic E-state index is 0.262. The normalized spacial score (nSPS) is 12.1. The summed E-state index contributed by atoms with van der Waals surface area (Å²) in [6, 6.07) is 7.79. The molecule has 0 radical (unpaired) electrons. The van der Waals surface area contributed by atoms with Crippen molar-refractivity contribution in [3.8, 4) is 5.75 Å². The quantitative estimate of drug-likeness (QED) is 0.308. The molecule has 0 unspecified atom stereocenters. The molecule has 0 saturated heterocycles. The van der Waals surface area contributed by atoms with E-state index in [1.54, 1.807) is 0 Å². The lowest BCUT2D eigenvalue weighted by Gasteiger charge is -2.24. The monoisotopic (exact) mass is 357 g/mol. The lowest BCUT2D eigenvalue weighted by molar-refractivity contribution is 0.196. The molecule has 0 heterocycles. The second-order valence-electron chi connectivity index (χ2n) is 5.34. The van der Waals surface area contributed by atoms with Crippen LogP contribution in [0.4, 0.5) is 0 Å². The van der Waals surface area contributed by atoms with Gasteiger partial charge in [-0.25, -0.2) is 0 Å². The number of rotatable bonds is 9. The highest BCUT2D eigenvalue weighted by atomic mass is 79.9. The van der Waals surface area contributed by atoms with Gasteiger partial charge in [-0.2, -0.15) is 0 Å². The Kier molecular flexibility index (Phi) is 8.15. The van der Waals surface area contributed by atoms with Crippen LogP contribution in [0.25, 0.3) is 0 Å². The minimum Gasteiger partial charge on any atom is -0.492 e. The Labute approximate surface area is 134 Å². The van der Waals surface area contributed by atoms with Crippen molar-refractivity contribution in [3.05, 3.63) is 28.7 Å². The predicted octanol–water partition coefficient (Wildman–Crippen LogP) is 2.92. The number of hydrogen-bond acceptors (Lipinski definition) is 4. The van der Waals surface area contributed by atoms with Crippen molar-refractivity contribution in [2.24, 2.45) is 16.8 Å². The van der Waals surface area contributed by atoms with Gasteiger partial charge in [-0.3, -0.25) is 4.90 Å². The Morgan fingerprint density at radius 2 is 2.00 bits per heavy atom. The number of oxime groups is 1. The second kappa shape index (κ2) is 9.63. The molecule has 0 saturated carbocycles. The molecule has 1 aromatic carbocycles. The van der Waals surface area contributed by atoms with E-state index in [1.807, 2.05) is 24.3 Å². The van der Waals surface area contributed by atoms with Gasteiger partial charge in [-0.15, -0.1) is 0 Å². The Morgan fingerprint density at radius 1 is 1.33 bits per heavy atom. The summed E-state index contributed by atoms with van der Waals surface area (Å²) in [6.07, 6.45) is 0.557. The Morgan fingerprint density at radius 3 is 2.57 bits per heavy atom. The second-order valence-corrected chi connectivity index (χ2v) is 6.25. The average Bonchev–Trinajstić information content (AvgIpc) is 2.45. The number of nitrogens with two attached hydrogens (primary N) is 1. The van der Waals surface area contributed by atoms with E-state index in [2.05, 4.69) is 39.8 Å². The summed E-state index contributed by atoms with van der Waals surface area (Å²) in [5.41, 5.74) is 5.52. The average molecular weight is 358 g/mol. The molecule has 0 fully saturated rings. The maximum Gasteiger partial charge on any atom is 0.140 e. The van der Waals surface area contributed by atoms with Crippen LogP contribution in [0.15, 0.2) is 33.9 Å². The van der Waals surface area contributed by atoms with Gasteiger partial charge < -0.3 is 15.7 Å². The van der Waals surface area contributed by atoms with Gasteiger partial charge in [0.2, 0.25) is 0 Å². The topological polar surface area (TPSA) is 71.1 Å². The van der Waals surface area contributed by atoms with Gasteiger partial charge in [0, 0.05) is 30.5 Å². The van der Waals surface area contributed by atoms with Crippen molar-refractivity contribution in [3.63, 3.8) is 0 Å². The number of amidine groups is 1. The molecule has 0 aliphatic carbocycles. The van der Waals surface area contributed by atoms with Crippen LogP contribution in [0.2, 0.25) is 0 Å². The van der Waals surface area contributed by atoms with E-state index in [4.69, 9.17) is 15.7 Å². The van der Waals surface area contributed by atoms with Crippen LogP contribution in [-0.4, -0.2) is 42.2 Å². The SMILES string of the molecule is CC(C)CN(CCOc1ccc(Br)cc1)CCC(N)=NO. The molecule has 1 rings (SSSR count). The largest absolute Gasteiger partial charge is 0.492 e. The molecule has 0 amide bonds. The third-order valence-corrected chi connectivity index (χ3v) is 3.45. The molecule has 0 aromatic heterocycles. The van der Waals surface area contributed by atoms with Gasteiger partial charge in [-0.1, -0.05) is 34.9 Å². The molecular weight excluding hydrogens is 334 g/mol. The third-order valence-electron chi connectivity index (χ3n) is 2.93. The fourth-order valence-electron chi connectivity index (χ4n) is 1.96. The molecule has 21 heavy (non-hydrogen) atoms. The standard InChI is InChI=1S/C15H24BrN3O2/c1-12(2)11-19(8-7-15(17)18-20)9-10-21-14-5-3-13(16)4-6-14/h3-6,12,20H,7-11H2,1-2H3,(H2,17,18). The van der Waals surface area contributed by atoms with Crippen LogP contribution >= 0.6 is 15.9 Å². The lowest BCUT2D eigenvalue weighted by Crippen LogP contribution is -2.34. The molecule has 0 aliphatic rings. The van der Waals surface area contributed by atoms with E-state index < -0.39 is 0 Å². The lowest BCUT2D eigenvalue weighted by atomic mass is 10.2. The molecular formula is C15H24BrN3O2. The number of halogens is 1. The van der Waals surface area contributed by atoms with Crippen molar-refractivity contribution < 1.29 is 9.94 Å². The fraction of sp³-hybridized carbons (Fsp3) is 0.533. The third kappa shape index (κ3) is 7.92. The number of nitrogens with zero attached hydrogens (tertiary/aromatic N) is 2. The van der Waals surface area contributed by atoms with Crippen molar-refractivity contribution in [2.75, 3.05) is 26.2 Å². The van der Waals surface area contributed by atoms with Gasteiger partial charge in [-0.05, 0) is 30.2 Å². The van der Waals surface area contributed by atoms with E-state index >= 15 is 0 Å². The Balaban J connectivity index is 2.39. The van der Waals surface area contributed by atoms with Gasteiger partial charge in [0.1, 0.15) is 18.2 Å². The van der Waals surface area contributed by atoms with Crippen LogP contribution in [0, 0.1) is 5.92 Å². The predicted molar refractivity (Wildman–Crippen MR) is 88.9 cm³/mol. The van der Waals surface area contributed by atoms with Crippen molar-refractivity contribution >= 4 is 21.8 Å². The van der Waals surface area contributed by atoms with Crippen molar-refractivity contribution in [2.45, 2.75) is 20.3 Å². The van der Waals surface area contributed by atoms with Gasteiger partial charge in [0.25, 0.3) is 0 Å². The molecule has 0 spiro atoms. The number of hydrogen-bond donors (Lipinski definition) is 2. The van der Waals surface area contributed by atoms with E-state index in [0.717, 1.165) is 29.9 Å². The van der Waals surface area contributed by atoms with Gasteiger partial charge in [0.15, 0.2) is 0 Å². The zero-order valence-corrected chi connectivity index (χ0v) is 14.2. The first-order valence-corrected chi connectivity index (χ1v) is 7.87. The molecule has 5 nitrogen and oxygen atoms in total. The summed E-state index contributed by atoms with van der Waals surface area (Å²) < 4.78 is 6.77. The first-order chi connectivity index (χ1) is 10.0. The van der Waals surface area contributed by atoms with E-state index in [-0.39, 0.29) is 5.84 Å². The van der Waals surface area contributed by atoms with Crippen LogP contribution in [-0.2, 0) is 0 Å². The number of benzene rings is 1. The summed E-state index contributed by atoms with van der Waals surface area (Å²) in [6.45, 7) is 7.50. The zero-order valence-electron chi connectivity index (χ0n) is 12.6.